The summed E-state index contributed by atoms with van der Waals surface area (Å²) in [5, 5.41) is 0. The third-order valence-corrected chi connectivity index (χ3v) is 4.16. The highest BCUT2D eigenvalue weighted by atomic mass is 16.6. The minimum atomic E-state index is -0.419. The average Bonchev–Trinajstić information content (AvgIpc) is 2.68. The number of carbonyl (C=O) groups excluding carboxylic acids is 1. The van der Waals surface area contributed by atoms with Crippen LogP contribution in [0.4, 0.5) is 0 Å². The lowest BCUT2D eigenvalue weighted by atomic mass is 10.1. The molecule has 0 amide bonds. The number of carbonyl (C=O) groups is 1. The summed E-state index contributed by atoms with van der Waals surface area (Å²) in [6, 6.07) is 9.76. The molecule has 4 nitrogen and oxygen atoms in total. The molecule has 26 heavy (non-hydrogen) atoms. The molecular weight excluding hydrogens is 328 g/mol. The van der Waals surface area contributed by atoms with E-state index in [2.05, 4.69) is 13.5 Å². The minimum Gasteiger partial charge on any atom is -0.491 e. The van der Waals surface area contributed by atoms with Gasteiger partial charge in [0.15, 0.2) is 0 Å². The standard InChI is InChI=1S/C22H34O4/c1-3-5-6-7-8-9-11-16-21(24-17-18-25-22(23)4-2)19-26-20-14-12-10-13-15-20/h4,10,12-15,21H,2-3,5-9,11,16-19H2,1H3. The number of para-hydroxylation sites is 1. The summed E-state index contributed by atoms with van der Waals surface area (Å²) in [5.41, 5.74) is 0. The third-order valence-electron chi connectivity index (χ3n) is 4.16. The Morgan fingerprint density at radius 2 is 1.73 bits per heavy atom. The fraction of sp³-hybridized carbons (Fsp3) is 0.591. The molecule has 1 unspecified atom stereocenters. The second kappa shape index (κ2) is 15.4. The summed E-state index contributed by atoms with van der Waals surface area (Å²) >= 11 is 0. The van der Waals surface area contributed by atoms with Crippen LogP contribution in [0.3, 0.4) is 0 Å². The fourth-order valence-electron chi connectivity index (χ4n) is 2.67. The summed E-state index contributed by atoms with van der Waals surface area (Å²) in [5.74, 6) is 0.427. The van der Waals surface area contributed by atoms with E-state index in [1.165, 1.54) is 38.5 Å². The quantitative estimate of drug-likeness (QED) is 0.227. The summed E-state index contributed by atoms with van der Waals surface area (Å²) in [6.45, 7) is 6.74. The van der Waals surface area contributed by atoms with Crippen LogP contribution in [-0.4, -0.2) is 31.9 Å². The van der Waals surface area contributed by atoms with Crippen molar-refractivity contribution in [1.82, 2.24) is 0 Å². The van der Waals surface area contributed by atoms with Crippen LogP contribution in [0.5, 0.6) is 5.75 Å². The van der Waals surface area contributed by atoms with Crippen molar-refractivity contribution < 1.29 is 19.0 Å². The minimum absolute atomic E-state index is 0.00767. The highest BCUT2D eigenvalue weighted by Gasteiger charge is 2.11. The first-order valence-corrected chi connectivity index (χ1v) is 9.85. The molecule has 0 saturated heterocycles. The summed E-state index contributed by atoms with van der Waals surface area (Å²) in [7, 11) is 0. The Morgan fingerprint density at radius 3 is 2.42 bits per heavy atom. The van der Waals surface area contributed by atoms with Crippen LogP contribution in [-0.2, 0) is 14.3 Å². The molecule has 0 aliphatic carbocycles. The van der Waals surface area contributed by atoms with Crippen LogP contribution in [0.15, 0.2) is 43.0 Å². The third kappa shape index (κ3) is 11.7. The van der Waals surface area contributed by atoms with Gasteiger partial charge < -0.3 is 14.2 Å². The molecule has 0 spiro atoms. The van der Waals surface area contributed by atoms with Gasteiger partial charge in [-0.25, -0.2) is 4.79 Å². The van der Waals surface area contributed by atoms with E-state index in [-0.39, 0.29) is 12.7 Å². The van der Waals surface area contributed by atoms with E-state index in [0.717, 1.165) is 24.7 Å². The lowest BCUT2D eigenvalue weighted by Crippen LogP contribution is -2.24. The first-order chi connectivity index (χ1) is 12.8. The molecule has 1 aromatic carbocycles. The first kappa shape index (κ1) is 22.2. The average molecular weight is 363 g/mol. The van der Waals surface area contributed by atoms with Gasteiger partial charge in [0.1, 0.15) is 19.0 Å². The van der Waals surface area contributed by atoms with Gasteiger partial charge in [0.25, 0.3) is 0 Å². The molecule has 1 atom stereocenters. The van der Waals surface area contributed by atoms with Gasteiger partial charge in [-0.3, -0.25) is 0 Å². The van der Waals surface area contributed by atoms with E-state index >= 15 is 0 Å². The largest absolute Gasteiger partial charge is 0.491 e. The van der Waals surface area contributed by atoms with Crippen molar-refractivity contribution in [2.24, 2.45) is 0 Å². The van der Waals surface area contributed by atoms with Gasteiger partial charge in [0.2, 0.25) is 0 Å². The number of esters is 1. The zero-order chi connectivity index (χ0) is 18.9. The number of hydrogen-bond acceptors (Lipinski definition) is 4. The zero-order valence-electron chi connectivity index (χ0n) is 16.2. The molecule has 0 saturated carbocycles. The van der Waals surface area contributed by atoms with Gasteiger partial charge >= 0.3 is 5.97 Å². The van der Waals surface area contributed by atoms with E-state index in [1.807, 2.05) is 30.3 Å². The van der Waals surface area contributed by atoms with Gasteiger partial charge in [0, 0.05) is 6.08 Å². The van der Waals surface area contributed by atoms with Gasteiger partial charge in [-0.15, -0.1) is 0 Å². The number of ether oxygens (including phenoxy) is 3. The number of rotatable bonds is 16. The number of hydrogen-bond donors (Lipinski definition) is 0. The summed E-state index contributed by atoms with van der Waals surface area (Å²) in [6.07, 6.45) is 11.0. The molecule has 0 fully saturated rings. The molecule has 1 rings (SSSR count). The molecule has 0 aliphatic rings. The highest BCUT2D eigenvalue weighted by Crippen LogP contribution is 2.14. The first-order valence-electron chi connectivity index (χ1n) is 9.85. The van der Waals surface area contributed by atoms with Gasteiger partial charge in [-0.1, -0.05) is 76.6 Å². The molecule has 146 valence electrons. The normalized spacial score (nSPS) is 11.7. The molecule has 4 heteroatoms. The molecule has 1 aromatic rings. The topological polar surface area (TPSA) is 44.8 Å². The molecule has 0 heterocycles. The van der Waals surface area contributed by atoms with Crippen molar-refractivity contribution in [2.75, 3.05) is 19.8 Å². The summed E-state index contributed by atoms with van der Waals surface area (Å²) in [4.78, 5) is 11.1. The van der Waals surface area contributed by atoms with Crippen LogP contribution in [0.25, 0.3) is 0 Å². The van der Waals surface area contributed by atoms with E-state index in [1.54, 1.807) is 0 Å². The van der Waals surface area contributed by atoms with Crippen LogP contribution in [0.2, 0.25) is 0 Å². The SMILES string of the molecule is C=CC(=O)OCCOC(CCCCCCCCC)COc1ccccc1. The highest BCUT2D eigenvalue weighted by molar-refractivity contribution is 5.81. The Morgan fingerprint density at radius 1 is 1.04 bits per heavy atom. The summed E-state index contributed by atoms with van der Waals surface area (Å²) < 4.78 is 16.7. The van der Waals surface area contributed by atoms with Crippen LogP contribution in [0.1, 0.15) is 58.3 Å². The van der Waals surface area contributed by atoms with Gasteiger partial charge in [-0.05, 0) is 18.6 Å². The smallest absolute Gasteiger partial charge is 0.330 e. The van der Waals surface area contributed by atoms with E-state index < -0.39 is 5.97 Å². The lowest BCUT2D eigenvalue weighted by molar-refractivity contribution is -0.140. The monoisotopic (exact) mass is 362 g/mol. The predicted molar refractivity (Wildman–Crippen MR) is 105 cm³/mol. The Balaban J connectivity index is 2.27. The Kier molecular flexibility index (Phi) is 13.2. The molecular formula is C22H34O4. The van der Waals surface area contributed by atoms with Crippen LogP contribution < -0.4 is 4.74 Å². The van der Waals surface area contributed by atoms with Crippen molar-refractivity contribution in [1.29, 1.82) is 0 Å². The van der Waals surface area contributed by atoms with Crippen molar-refractivity contribution in [2.45, 2.75) is 64.4 Å². The second-order valence-corrected chi connectivity index (χ2v) is 6.40. The van der Waals surface area contributed by atoms with E-state index in [9.17, 15) is 4.79 Å². The second-order valence-electron chi connectivity index (χ2n) is 6.40. The van der Waals surface area contributed by atoms with Crippen molar-refractivity contribution in [3.8, 4) is 5.75 Å². The van der Waals surface area contributed by atoms with Crippen LogP contribution >= 0.6 is 0 Å². The van der Waals surface area contributed by atoms with Crippen molar-refractivity contribution in [3.63, 3.8) is 0 Å². The maximum atomic E-state index is 11.1. The van der Waals surface area contributed by atoms with Crippen molar-refractivity contribution in [3.05, 3.63) is 43.0 Å². The maximum absolute atomic E-state index is 11.1. The van der Waals surface area contributed by atoms with E-state index in [0.29, 0.717) is 13.2 Å². The Bertz CT molecular complexity index is 472. The maximum Gasteiger partial charge on any atom is 0.330 e. The fourth-order valence-corrected chi connectivity index (χ4v) is 2.67. The van der Waals surface area contributed by atoms with Gasteiger partial charge in [0.05, 0.1) is 12.7 Å². The molecule has 0 aliphatic heterocycles. The van der Waals surface area contributed by atoms with Crippen LogP contribution in [0, 0.1) is 0 Å². The Hall–Kier alpha value is -1.81. The Labute approximate surface area is 158 Å². The van der Waals surface area contributed by atoms with Gasteiger partial charge in [-0.2, -0.15) is 0 Å². The van der Waals surface area contributed by atoms with E-state index in [4.69, 9.17) is 14.2 Å². The lowest BCUT2D eigenvalue weighted by Gasteiger charge is -2.18. The predicted octanol–water partition coefficient (Wildman–Crippen LogP) is 5.32. The molecule has 0 aromatic heterocycles. The van der Waals surface area contributed by atoms with Crippen molar-refractivity contribution >= 4 is 5.97 Å². The molecule has 0 radical (unpaired) electrons. The zero-order valence-corrected chi connectivity index (χ0v) is 16.2. The molecule has 0 bridgehead atoms. The number of benzene rings is 1. The molecule has 0 N–H and O–H groups in total. The number of unbranched alkanes of at least 4 members (excludes halogenated alkanes) is 6.